The highest BCUT2D eigenvalue weighted by atomic mass is 32.1. The molecule has 0 aliphatic heterocycles. The summed E-state index contributed by atoms with van der Waals surface area (Å²) in [5, 5.41) is 2.13. The number of thiazole rings is 1. The van der Waals surface area contributed by atoms with Gasteiger partial charge in [0.2, 0.25) is 5.91 Å². The predicted molar refractivity (Wildman–Crippen MR) is 96.1 cm³/mol. The number of hydrogen-bond acceptors (Lipinski definition) is 5. The normalized spacial score (nSPS) is 11.1. The molecule has 0 spiro atoms. The van der Waals surface area contributed by atoms with Crippen LogP contribution in [0.5, 0.6) is 0 Å². The van der Waals surface area contributed by atoms with Crippen molar-refractivity contribution in [3.8, 4) is 10.6 Å². The minimum absolute atomic E-state index is 0.0976. The van der Waals surface area contributed by atoms with Gasteiger partial charge in [-0.25, -0.2) is 4.98 Å². The number of pyridine rings is 1. The van der Waals surface area contributed by atoms with Crippen molar-refractivity contribution in [3.05, 3.63) is 71.0 Å². The molecule has 144 valence electrons. The molecular weight excluding hydrogens is 393 g/mol. The quantitative estimate of drug-likeness (QED) is 0.652. The molecule has 1 aromatic carbocycles. The molecule has 28 heavy (non-hydrogen) atoms. The average Bonchev–Trinajstić information content (AvgIpc) is 3.14. The summed E-state index contributed by atoms with van der Waals surface area (Å²) in [6.07, 6.45) is -3.04. The summed E-state index contributed by atoms with van der Waals surface area (Å²) in [5.74, 6) is -1.05. The van der Waals surface area contributed by atoms with E-state index in [1.807, 2.05) is 0 Å². The van der Waals surface area contributed by atoms with E-state index in [1.54, 1.807) is 17.5 Å². The summed E-state index contributed by atoms with van der Waals surface area (Å²) in [5.41, 5.74) is 4.88. The van der Waals surface area contributed by atoms with Crippen molar-refractivity contribution in [3.63, 3.8) is 0 Å². The van der Waals surface area contributed by atoms with E-state index in [9.17, 15) is 22.8 Å². The molecule has 2 amide bonds. The number of halogens is 3. The number of alkyl halides is 3. The van der Waals surface area contributed by atoms with E-state index in [1.165, 1.54) is 35.7 Å². The van der Waals surface area contributed by atoms with Gasteiger partial charge in [0, 0.05) is 17.1 Å². The van der Waals surface area contributed by atoms with Gasteiger partial charge in [0.1, 0.15) is 10.7 Å². The molecule has 3 rings (SSSR count). The number of rotatable bonds is 4. The maximum absolute atomic E-state index is 12.6. The number of nitrogens with zero attached hydrogens (tertiary/aromatic N) is 2. The molecule has 0 atom stereocenters. The van der Waals surface area contributed by atoms with Crippen molar-refractivity contribution < 1.29 is 22.8 Å². The van der Waals surface area contributed by atoms with E-state index in [2.05, 4.69) is 20.8 Å². The Morgan fingerprint density at radius 2 is 1.79 bits per heavy atom. The van der Waals surface area contributed by atoms with Crippen molar-refractivity contribution in [2.24, 2.45) is 0 Å². The third-order valence-electron chi connectivity index (χ3n) is 3.57. The van der Waals surface area contributed by atoms with Crippen LogP contribution in [0.1, 0.15) is 21.7 Å². The molecule has 2 N–H and O–H groups in total. The molecule has 0 bridgehead atoms. The second kappa shape index (κ2) is 8.17. The number of carbonyl (C=O) groups is 2. The zero-order chi connectivity index (χ0) is 20.1. The Labute approximate surface area is 161 Å². The Morgan fingerprint density at radius 1 is 1.04 bits per heavy atom. The first-order valence-electron chi connectivity index (χ1n) is 7.95. The van der Waals surface area contributed by atoms with Crippen LogP contribution in [-0.2, 0) is 17.4 Å². The van der Waals surface area contributed by atoms with Gasteiger partial charge in [0.25, 0.3) is 5.91 Å². The molecule has 2 heterocycles. The monoisotopic (exact) mass is 406 g/mol. The summed E-state index contributed by atoms with van der Waals surface area (Å²) < 4.78 is 37.8. The summed E-state index contributed by atoms with van der Waals surface area (Å²) in [6.45, 7) is 0. The van der Waals surface area contributed by atoms with Gasteiger partial charge >= 0.3 is 6.18 Å². The number of nitrogens with one attached hydrogen (secondary N) is 2. The van der Waals surface area contributed by atoms with Crippen LogP contribution < -0.4 is 10.9 Å². The summed E-state index contributed by atoms with van der Waals surface area (Å²) in [4.78, 5) is 31.9. The molecule has 0 aliphatic rings. The molecule has 10 heteroatoms. The number of aromatic nitrogens is 2. The third kappa shape index (κ3) is 4.92. The van der Waals surface area contributed by atoms with E-state index >= 15 is 0 Å². The van der Waals surface area contributed by atoms with Gasteiger partial charge in [-0.2, -0.15) is 13.2 Å². The number of hydrazine groups is 1. The lowest BCUT2D eigenvalue weighted by Crippen LogP contribution is -2.42. The molecular formula is C18H13F3N4O2S. The third-order valence-corrected chi connectivity index (χ3v) is 4.51. The Hall–Kier alpha value is -3.27. The van der Waals surface area contributed by atoms with E-state index in [0.717, 1.165) is 12.1 Å². The average molecular weight is 406 g/mol. The highest BCUT2D eigenvalue weighted by Gasteiger charge is 2.30. The van der Waals surface area contributed by atoms with Crippen LogP contribution >= 0.6 is 11.3 Å². The van der Waals surface area contributed by atoms with Gasteiger partial charge in [-0.3, -0.25) is 25.4 Å². The van der Waals surface area contributed by atoms with Crippen LogP contribution in [0.4, 0.5) is 13.2 Å². The number of hydrogen-bond donors (Lipinski definition) is 2. The molecule has 0 saturated carbocycles. The lowest BCUT2D eigenvalue weighted by atomic mass is 10.1. The van der Waals surface area contributed by atoms with E-state index in [0.29, 0.717) is 16.3 Å². The van der Waals surface area contributed by atoms with Crippen molar-refractivity contribution in [1.29, 1.82) is 0 Å². The molecule has 0 radical (unpaired) electrons. The standard InChI is InChI=1S/C18H13F3N4O2S/c19-18(20,21)12-6-4-11(5-7-12)17-23-13(10-28-17)9-15(26)24-25-16(27)14-3-1-2-8-22-14/h1-8,10H,9H2,(H,24,26)(H,25,27). The fraction of sp³-hybridized carbons (Fsp3) is 0.111. The molecule has 0 aliphatic carbocycles. The lowest BCUT2D eigenvalue weighted by Gasteiger charge is -2.06. The number of benzene rings is 1. The number of amides is 2. The van der Waals surface area contributed by atoms with Crippen LogP contribution in [0, 0.1) is 0 Å². The molecule has 2 aromatic heterocycles. The molecule has 0 saturated heterocycles. The zero-order valence-electron chi connectivity index (χ0n) is 14.2. The minimum atomic E-state index is -4.40. The van der Waals surface area contributed by atoms with Gasteiger partial charge in [-0.1, -0.05) is 18.2 Å². The van der Waals surface area contributed by atoms with Gasteiger partial charge in [-0.15, -0.1) is 11.3 Å². The summed E-state index contributed by atoms with van der Waals surface area (Å²) in [7, 11) is 0. The Morgan fingerprint density at radius 3 is 2.43 bits per heavy atom. The van der Waals surface area contributed by atoms with Crippen molar-refractivity contribution in [2.45, 2.75) is 12.6 Å². The minimum Gasteiger partial charge on any atom is -0.273 e. The second-order valence-corrected chi connectivity index (χ2v) is 6.47. The number of carbonyl (C=O) groups excluding carboxylic acids is 2. The predicted octanol–water partition coefficient (Wildman–Crippen LogP) is 3.23. The van der Waals surface area contributed by atoms with Crippen molar-refractivity contribution in [2.75, 3.05) is 0 Å². The van der Waals surface area contributed by atoms with Crippen LogP contribution in [0.3, 0.4) is 0 Å². The summed E-state index contributed by atoms with van der Waals surface area (Å²) in [6, 6.07) is 9.43. The highest BCUT2D eigenvalue weighted by Crippen LogP contribution is 2.31. The fourth-order valence-corrected chi connectivity index (χ4v) is 3.04. The molecule has 6 nitrogen and oxygen atoms in total. The highest BCUT2D eigenvalue weighted by molar-refractivity contribution is 7.13. The van der Waals surface area contributed by atoms with E-state index in [-0.39, 0.29) is 12.1 Å². The maximum Gasteiger partial charge on any atom is 0.416 e. The Kier molecular flexibility index (Phi) is 5.69. The molecule has 0 fully saturated rings. The Balaban J connectivity index is 1.57. The van der Waals surface area contributed by atoms with Crippen LogP contribution in [0.25, 0.3) is 10.6 Å². The molecule has 0 unspecified atom stereocenters. The largest absolute Gasteiger partial charge is 0.416 e. The first-order valence-corrected chi connectivity index (χ1v) is 8.83. The topological polar surface area (TPSA) is 84.0 Å². The van der Waals surface area contributed by atoms with Crippen molar-refractivity contribution >= 4 is 23.2 Å². The van der Waals surface area contributed by atoms with Crippen LogP contribution in [-0.4, -0.2) is 21.8 Å². The SMILES string of the molecule is O=C(Cc1csc(-c2ccc(C(F)(F)F)cc2)n1)NNC(=O)c1ccccn1. The van der Waals surface area contributed by atoms with Gasteiger partial charge in [0.15, 0.2) is 0 Å². The van der Waals surface area contributed by atoms with Crippen LogP contribution in [0.2, 0.25) is 0 Å². The Bertz CT molecular complexity index is 973. The first kappa shape index (κ1) is 19.5. The fourth-order valence-electron chi connectivity index (χ4n) is 2.22. The zero-order valence-corrected chi connectivity index (χ0v) is 15.0. The van der Waals surface area contributed by atoms with Crippen LogP contribution in [0.15, 0.2) is 54.0 Å². The molecule has 3 aromatic rings. The lowest BCUT2D eigenvalue weighted by molar-refractivity contribution is -0.137. The van der Waals surface area contributed by atoms with Gasteiger partial charge < -0.3 is 0 Å². The summed E-state index contributed by atoms with van der Waals surface area (Å²) >= 11 is 1.21. The maximum atomic E-state index is 12.6. The van der Waals surface area contributed by atoms with E-state index in [4.69, 9.17) is 0 Å². The van der Waals surface area contributed by atoms with Gasteiger partial charge in [0.05, 0.1) is 17.7 Å². The van der Waals surface area contributed by atoms with Gasteiger partial charge in [-0.05, 0) is 24.3 Å². The van der Waals surface area contributed by atoms with E-state index < -0.39 is 23.6 Å². The first-order chi connectivity index (χ1) is 13.3. The van der Waals surface area contributed by atoms with Crippen molar-refractivity contribution in [1.82, 2.24) is 20.8 Å². The smallest absolute Gasteiger partial charge is 0.273 e. The second-order valence-electron chi connectivity index (χ2n) is 5.61.